The van der Waals surface area contributed by atoms with Gasteiger partial charge in [0.15, 0.2) is 0 Å². The Kier molecular flexibility index (Phi) is 4.87. The molecule has 3 N–H and O–H groups in total. The maximum atomic E-state index is 12.7. The lowest BCUT2D eigenvalue weighted by molar-refractivity contribution is -0.136. The van der Waals surface area contributed by atoms with Crippen LogP contribution in [0.5, 0.6) is 0 Å². The Morgan fingerprint density at radius 1 is 1.38 bits per heavy atom. The predicted molar refractivity (Wildman–Crippen MR) is 86.0 cm³/mol. The zero-order chi connectivity index (χ0) is 17.9. The van der Waals surface area contributed by atoms with E-state index in [0.29, 0.717) is 35.3 Å². The first-order valence-electron chi connectivity index (χ1n) is 7.44. The molecule has 0 saturated carbocycles. The summed E-state index contributed by atoms with van der Waals surface area (Å²) in [6.07, 6.45) is -0.0378. The Morgan fingerprint density at radius 3 is 2.67 bits per heavy atom. The average molecular weight is 333 g/mol. The fourth-order valence-corrected chi connectivity index (χ4v) is 2.97. The first kappa shape index (κ1) is 17.5. The molecule has 1 aliphatic carbocycles. The van der Waals surface area contributed by atoms with Crippen molar-refractivity contribution in [1.82, 2.24) is 10.2 Å². The molecule has 1 atom stereocenters. The van der Waals surface area contributed by atoms with Gasteiger partial charge in [0.25, 0.3) is 0 Å². The van der Waals surface area contributed by atoms with Crippen molar-refractivity contribution in [2.45, 2.75) is 25.2 Å². The Balaban J connectivity index is 2.32. The molecule has 128 valence electrons. The largest absolute Gasteiger partial charge is 0.465 e. The third-order valence-corrected chi connectivity index (χ3v) is 4.28. The van der Waals surface area contributed by atoms with E-state index in [4.69, 9.17) is 5.11 Å². The van der Waals surface area contributed by atoms with E-state index in [1.54, 1.807) is 25.1 Å². The summed E-state index contributed by atoms with van der Waals surface area (Å²) >= 11 is 0. The second-order valence-corrected chi connectivity index (χ2v) is 5.77. The first-order chi connectivity index (χ1) is 11.3. The number of carbonyl (C=O) groups excluding carboxylic acids is 3. The fraction of sp³-hybridized carbons (Fsp3) is 0.375. The minimum atomic E-state index is -1.44. The summed E-state index contributed by atoms with van der Waals surface area (Å²) in [4.78, 5) is 46.5. The normalized spacial score (nSPS) is 18.4. The summed E-state index contributed by atoms with van der Waals surface area (Å²) in [5, 5.41) is 14.3. The van der Waals surface area contributed by atoms with Gasteiger partial charge in [-0.1, -0.05) is 6.07 Å². The molecule has 2 rings (SSSR count). The van der Waals surface area contributed by atoms with Crippen molar-refractivity contribution in [3.8, 4) is 0 Å². The van der Waals surface area contributed by atoms with Gasteiger partial charge in [-0.3, -0.25) is 4.79 Å². The van der Waals surface area contributed by atoms with E-state index in [1.807, 2.05) is 0 Å². The van der Waals surface area contributed by atoms with Crippen molar-refractivity contribution in [3.05, 3.63) is 29.3 Å². The minimum absolute atomic E-state index is 0.352. The van der Waals surface area contributed by atoms with Crippen LogP contribution in [0.4, 0.5) is 15.3 Å². The van der Waals surface area contributed by atoms with Gasteiger partial charge in [0.1, 0.15) is 6.29 Å². The predicted octanol–water partition coefficient (Wildman–Crippen LogP) is 1.35. The molecule has 1 aromatic carbocycles. The molecule has 0 fully saturated rings. The van der Waals surface area contributed by atoms with Crippen LogP contribution in [-0.2, 0) is 21.4 Å². The monoisotopic (exact) mass is 333 g/mol. The van der Waals surface area contributed by atoms with E-state index in [1.165, 1.54) is 7.05 Å². The number of hydrogen-bond donors (Lipinski definition) is 3. The molecule has 0 radical (unpaired) electrons. The van der Waals surface area contributed by atoms with Crippen LogP contribution >= 0.6 is 0 Å². The Hall–Kier alpha value is -2.90. The number of rotatable bonds is 4. The number of aryl methyl sites for hydroxylation is 1. The maximum absolute atomic E-state index is 12.7. The highest BCUT2D eigenvalue weighted by Crippen LogP contribution is 2.41. The lowest BCUT2D eigenvalue weighted by atomic mass is 9.82. The van der Waals surface area contributed by atoms with Gasteiger partial charge in [-0.2, -0.15) is 0 Å². The summed E-state index contributed by atoms with van der Waals surface area (Å²) in [5.74, 6) is -0.618. The van der Waals surface area contributed by atoms with Crippen LogP contribution in [0.3, 0.4) is 0 Å². The molecule has 4 amide bonds. The average Bonchev–Trinajstić information content (AvgIpc) is 2.89. The Labute approximate surface area is 138 Å². The molecule has 1 aliphatic rings. The summed E-state index contributed by atoms with van der Waals surface area (Å²) in [6, 6.07) is 4.80. The first-order valence-corrected chi connectivity index (χ1v) is 7.44. The minimum Gasteiger partial charge on any atom is -0.465 e. The van der Waals surface area contributed by atoms with Crippen LogP contribution in [0.1, 0.15) is 24.5 Å². The lowest BCUT2D eigenvalue weighted by Crippen LogP contribution is -2.47. The van der Waals surface area contributed by atoms with Gasteiger partial charge in [0, 0.05) is 12.7 Å². The van der Waals surface area contributed by atoms with E-state index in [0.717, 1.165) is 5.56 Å². The van der Waals surface area contributed by atoms with Crippen molar-refractivity contribution in [1.29, 1.82) is 0 Å². The smallest absolute Gasteiger partial charge is 0.414 e. The highest BCUT2D eigenvalue weighted by molar-refractivity contribution is 6.00. The number of carbonyl (C=O) groups is 4. The SMILES string of the molecule is CNC(=O)Nc1ccc2c(c1)CC[C@]2(C)C(=O)N(CC=O)C(=O)O. The number of amides is 4. The summed E-state index contributed by atoms with van der Waals surface area (Å²) in [7, 11) is 1.51. The molecule has 0 unspecified atom stereocenters. The highest BCUT2D eigenvalue weighted by Gasteiger charge is 2.44. The number of carboxylic acid groups (broad SMARTS) is 1. The van der Waals surface area contributed by atoms with Crippen LogP contribution in [0.25, 0.3) is 0 Å². The molecule has 0 spiro atoms. The molecular formula is C16H19N3O5. The van der Waals surface area contributed by atoms with Crippen LogP contribution in [0.2, 0.25) is 0 Å². The number of benzene rings is 1. The van der Waals surface area contributed by atoms with Gasteiger partial charge in [-0.05, 0) is 43.0 Å². The number of hydrogen-bond acceptors (Lipinski definition) is 4. The van der Waals surface area contributed by atoms with E-state index in [2.05, 4.69) is 10.6 Å². The van der Waals surface area contributed by atoms with E-state index < -0.39 is 24.0 Å². The number of urea groups is 1. The quantitative estimate of drug-likeness (QED) is 0.719. The third kappa shape index (κ3) is 3.08. The molecule has 8 heteroatoms. The number of imide groups is 1. The van der Waals surface area contributed by atoms with Crippen molar-refractivity contribution < 1.29 is 24.3 Å². The van der Waals surface area contributed by atoms with Gasteiger partial charge in [0.2, 0.25) is 5.91 Å². The number of anilines is 1. The molecule has 0 saturated heterocycles. The topological polar surface area (TPSA) is 116 Å². The molecule has 8 nitrogen and oxygen atoms in total. The Bertz CT molecular complexity index is 703. The number of aldehydes is 1. The molecule has 1 aromatic rings. The highest BCUT2D eigenvalue weighted by atomic mass is 16.4. The van der Waals surface area contributed by atoms with Gasteiger partial charge in [0.05, 0.1) is 12.0 Å². The summed E-state index contributed by atoms with van der Waals surface area (Å²) in [6.45, 7) is 1.18. The van der Waals surface area contributed by atoms with Gasteiger partial charge in [-0.15, -0.1) is 0 Å². The van der Waals surface area contributed by atoms with Crippen molar-refractivity contribution in [2.24, 2.45) is 0 Å². The van der Waals surface area contributed by atoms with Gasteiger partial charge < -0.3 is 20.5 Å². The second kappa shape index (κ2) is 6.69. The fourth-order valence-electron chi connectivity index (χ4n) is 2.97. The van der Waals surface area contributed by atoms with Crippen molar-refractivity contribution in [2.75, 3.05) is 18.9 Å². The molecule has 0 bridgehead atoms. The maximum Gasteiger partial charge on any atom is 0.414 e. The lowest BCUT2D eigenvalue weighted by Gasteiger charge is -2.28. The molecule has 0 aromatic heterocycles. The van der Waals surface area contributed by atoms with Crippen LogP contribution in [0, 0.1) is 0 Å². The van der Waals surface area contributed by atoms with Crippen molar-refractivity contribution >= 4 is 30.0 Å². The molecular weight excluding hydrogens is 314 g/mol. The van der Waals surface area contributed by atoms with Gasteiger partial charge in [-0.25, -0.2) is 14.5 Å². The van der Waals surface area contributed by atoms with Crippen LogP contribution in [-0.4, -0.2) is 47.9 Å². The number of fused-ring (bicyclic) bond motifs is 1. The standard InChI is InChI=1S/C16H19N3O5/c1-16(13(21)19(7-8-20)15(23)24)6-5-10-9-11(3-4-12(10)16)18-14(22)17-2/h3-4,8-9H,5-7H2,1-2H3,(H,23,24)(H2,17,18,22)/t16-/m0/s1. The van der Waals surface area contributed by atoms with Gasteiger partial charge >= 0.3 is 12.1 Å². The number of nitrogens with zero attached hydrogens (tertiary/aromatic N) is 1. The molecule has 0 heterocycles. The van der Waals surface area contributed by atoms with E-state index in [9.17, 15) is 19.2 Å². The van der Waals surface area contributed by atoms with Crippen LogP contribution in [0.15, 0.2) is 18.2 Å². The second-order valence-electron chi connectivity index (χ2n) is 5.77. The zero-order valence-corrected chi connectivity index (χ0v) is 13.5. The van der Waals surface area contributed by atoms with E-state index >= 15 is 0 Å². The zero-order valence-electron chi connectivity index (χ0n) is 13.5. The third-order valence-electron chi connectivity index (χ3n) is 4.28. The Morgan fingerprint density at radius 2 is 2.08 bits per heavy atom. The summed E-state index contributed by atoms with van der Waals surface area (Å²) in [5.41, 5.74) is 1.17. The molecule has 24 heavy (non-hydrogen) atoms. The summed E-state index contributed by atoms with van der Waals surface area (Å²) < 4.78 is 0. The van der Waals surface area contributed by atoms with E-state index in [-0.39, 0.29) is 6.03 Å². The van der Waals surface area contributed by atoms with Crippen LogP contribution < -0.4 is 10.6 Å². The number of nitrogens with one attached hydrogen (secondary N) is 2. The van der Waals surface area contributed by atoms with Crippen molar-refractivity contribution in [3.63, 3.8) is 0 Å². The molecule has 0 aliphatic heterocycles.